The molecule has 62 valence electrons. The van der Waals surface area contributed by atoms with Gasteiger partial charge in [0.1, 0.15) is 0 Å². The van der Waals surface area contributed by atoms with Gasteiger partial charge in [0.2, 0.25) is 0 Å². The Hall–Kier alpha value is -0.0600. The zero-order valence-electron chi connectivity index (χ0n) is 7.35. The Morgan fingerprint density at radius 3 is 2.18 bits per heavy atom. The van der Waals surface area contributed by atoms with Crippen molar-refractivity contribution >= 4 is 22.6 Å². The van der Waals surface area contributed by atoms with Crippen LogP contribution in [0.1, 0.15) is 26.5 Å². The highest BCUT2D eigenvalue weighted by Crippen LogP contribution is 2.21. The second-order valence-electron chi connectivity index (χ2n) is 3.76. The molecule has 11 heavy (non-hydrogen) atoms. The van der Waals surface area contributed by atoms with Gasteiger partial charge >= 0.3 is 0 Å². The molecule has 0 radical (unpaired) electrons. The van der Waals surface area contributed by atoms with Crippen LogP contribution in [-0.4, -0.2) is 9.55 Å². The largest absolute Gasteiger partial charge is 0.329 e. The van der Waals surface area contributed by atoms with Crippen LogP contribution >= 0.6 is 22.6 Å². The second kappa shape index (κ2) is 2.77. The molecule has 2 nitrogen and oxygen atoms in total. The highest BCUT2D eigenvalue weighted by molar-refractivity contribution is 14.1. The van der Waals surface area contributed by atoms with Crippen molar-refractivity contribution in [3.05, 3.63) is 15.7 Å². The molecule has 0 atom stereocenters. The summed E-state index contributed by atoms with van der Waals surface area (Å²) in [6.45, 7) is 6.52. The number of aromatic nitrogens is 2. The molecule has 0 aliphatic carbocycles. The maximum Gasteiger partial charge on any atom is 0.171 e. The normalized spacial score (nSPS) is 12.1. The molecule has 1 aromatic heterocycles. The van der Waals surface area contributed by atoms with Crippen molar-refractivity contribution in [2.24, 2.45) is 7.05 Å². The minimum absolute atomic E-state index is 0.168. The van der Waals surface area contributed by atoms with Gasteiger partial charge in [-0.1, -0.05) is 20.8 Å². The van der Waals surface area contributed by atoms with E-state index in [1.165, 1.54) is 0 Å². The van der Waals surface area contributed by atoms with Crippen LogP contribution in [0.2, 0.25) is 0 Å². The fourth-order valence-electron chi connectivity index (χ4n) is 0.805. The lowest BCUT2D eigenvalue weighted by atomic mass is 9.93. The van der Waals surface area contributed by atoms with Crippen LogP contribution < -0.4 is 0 Å². The van der Waals surface area contributed by atoms with Gasteiger partial charge in [0, 0.05) is 18.7 Å². The Kier molecular flexibility index (Phi) is 2.27. The third-order valence-electron chi connectivity index (χ3n) is 1.59. The fourth-order valence-corrected chi connectivity index (χ4v) is 1.20. The third kappa shape index (κ3) is 1.95. The van der Waals surface area contributed by atoms with E-state index < -0.39 is 0 Å². The quantitative estimate of drug-likeness (QED) is 0.657. The van der Waals surface area contributed by atoms with Crippen molar-refractivity contribution in [1.29, 1.82) is 0 Å². The van der Waals surface area contributed by atoms with Gasteiger partial charge in [0.05, 0.1) is 5.69 Å². The first-order valence-corrected chi connectivity index (χ1v) is 4.68. The average molecular weight is 264 g/mol. The first kappa shape index (κ1) is 9.03. The minimum Gasteiger partial charge on any atom is -0.329 e. The zero-order valence-corrected chi connectivity index (χ0v) is 9.51. The van der Waals surface area contributed by atoms with Crippen molar-refractivity contribution in [2.45, 2.75) is 26.2 Å². The number of hydrogen-bond donors (Lipinski definition) is 0. The highest BCUT2D eigenvalue weighted by atomic mass is 127. The molecule has 0 amide bonds. The highest BCUT2D eigenvalue weighted by Gasteiger charge is 2.17. The molecule has 1 rings (SSSR count). The molecule has 3 heteroatoms. The average Bonchev–Trinajstić information content (AvgIpc) is 2.11. The van der Waals surface area contributed by atoms with Crippen molar-refractivity contribution in [1.82, 2.24) is 9.55 Å². The van der Waals surface area contributed by atoms with Gasteiger partial charge < -0.3 is 4.57 Å². The number of imidazole rings is 1. The summed E-state index contributed by atoms with van der Waals surface area (Å²) in [7, 11) is 2.02. The maximum atomic E-state index is 4.43. The molecule has 0 spiro atoms. The van der Waals surface area contributed by atoms with E-state index >= 15 is 0 Å². The summed E-state index contributed by atoms with van der Waals surface area (Å²) in [5.74, 6) is 0. The van der Waals surface area contributed by atoms with Gasteiger partial charge in [-0.05, 0) is 22.6 Å². The number of aryl methyl sites for hydroxylation is 1. The molecule has 0 aliphatic rings. The SMILES string of the molecule is Cn1cc(C(C)(C)C)nc1I. The van der Waals surface area contributed by atoms with Crippen molar-refractivity contribution < 1.29 is 0 Å². The minimum atomic E-state index is 0.168. The number of hydrogen-bond acceptors (Lipinski definition) is 1. The molecule has 0 aromatic carbocycles. The molecule has 0 fully saturated rings. The summed E-state index contributed by atoms with van der Waals surface area (Å²) in [4.78, 5) is 4.43. The molecule has 0 N–H and O–H groups in total. The predicted octanol–water partition coefficient (Wildman–Crippen LogP) is 2.32. The predicted molar refractivity (Wildman–Crippen MR) is 54.6 cm³/mol. The second-order valence-corrected chi connectivity index (χ2v) is 4.72. The molecule has 0 unspecified atom stereocenters. The van der Waals surface area contributed by atoms with Gasteiger partial charge in [0.15, 0.2) is 3.83 Å². The smallest absolute Gasteiger partial charge is 0.171 e. The molecular weight excluding hydrogens is 251 g/mol. The fraction of sp³-hybridized carbons (Fsp3) is 0.625. The first-order chi connectivity index (χ1) is 4.91. The third-order valence-corrected chi connectivity index (χ3v) is 2.59. The summed E-state index contributed by atoms with van der Waals surface area (Å²) in [6.07, 6.45) is 2.09. The van der Waals surface area contributed by atoms with E-state index in [4.69, 9.17) is 0 Å². The Morgan fingerprint density at radius 1 is 1.45 bits per heavy atom. The lowest BCUT2D eigenvalue weighted by molar-refractivity contribution is 0.571. The summed E-state index contributed by atoms with van der Waals surface area (Å²) < 4.78 is 3.09. The van der Waals surface area contributed by atoms with E-state index in [-0.39, 0.29) is 5.41 Å². The lowest BCUT2D eigenvalue weighted by Gasteiger charge is -2.13. The summed E-state index contributed by atoms with van der Waals surface area (Å²) in [6, 6.07) is 0. The van der Waals surface area contributed by atoms with Crippen molar-refractivity contribution in [2.75, 3.05) is 0 Å². The van der Waals surface area contributed by atoms with Gasteiger partial charge in [-0.15, -0.1) is 0 Å². The maximum absolute atomic E-state index is 4.43. The topological polar surface area (TPSA) is 17.8 Å². The van der Waals surface area contributed by atoms with Gasteiger partial charge in [-0.25, -0.2) is 4.98 Å². The van der Waals surface area contributed by atoms with E-state index in [0.717, 1.165) is 9.53 Å². The molecule has 0 saturated carbocycles. The van der Waals surface area contributed by atoms with E-state index in [9.17, 15) is 0 Å². The van der Waals surface area contributed by atoms with Crippen LogP contribution in [0.5, 0.6) is 0 Å². The Balaban J connectivity index is 3.08. The Morgan fingerprint density at radius 2 is 2.00 bits per heavy atom. The van der Waals surface area contributed by atoms with E-state index in [2.05, 4.69) is 54.5 Å². The van der Waals surface area contributed by atoms with Gasteiger partial charge in [-0.3, -0.25) is 0 Å². The molecule has 0 bridgehead atoms. The monoisotopic (exact) mass is 264 g/mol. The van der Waals surface area contributed by atoms with Gasteiger partial charge in [-0.2, -0.15) is 0 Å². The Bertz CT molecular complexity index is 238. The molecule has 0 aliphatic heterocycles. The summed E-state index contributed by atoms with van der Waals surface area (Å²) in [5.41, 5.74) is 1.32. The lowest BCUT2D eigenvalue weighted by Crippen LogP contribution is -2.11. The first-order valence-electron chi connectivity index (χ1n) is 3.60. The van der Waals surface area contributed by atoms with E-state index in [1.54, 1.807) is 0 Å². The number of rotatable bonds is 0. The van der Waals surface area contributed by atoms with E-state index in [0.29, 0.717) is 0 Å². The zero-order chi connectivity index (χ0) is 8.65. The standard InChI is InChI=1S/C8H13IN2/c1-8(2,3)6-5-11(4)7(9)10-6/h5H,1-4H3. The Labute approximate surface area is 81.2 Å². The van der Waals surface area contributed by atoms with Crippen LogP contribution in [0.4, 0.5) is 0 Å². The molecule has 1 aromatic rings. The molecular formula is C8H13IN2. The van der Waals surface area contributed by atoms with Crippen LogP contribution in [0.25, 0.3) is 0 Å². The molecule has 1 heterocycles. The van der Waals surface area contributed by atoms with Gasteiger partial charge in [0.25, 0.3) is 0 Å². The van der Waals surface area contributed by atoms with Crippen molar-refractivity contribution in [3.63, 3.8) is 0 Å². The van der Waals surface area contributed by atoms with Crippen LogP contribution in [0.3, 0.4) is 0 Å². The summed E-state index contributed by atoms with van der Waals surface area (Å²) >= 11 is 2.24. The van der Waals surface area contributed by atoms with Crippen LogP contribution in [0.15, 0.2) is 6.20 Å². The van der Waals surface area contributed by atoms with E-state index in [1.807, 2.05) is 11.6 Å². The number of halogens is 1. The van der Waals surface area contributed by atoms with Crippen LogP contribution in [-0.2, 0) is 12.5 Å². The molecule has 0 saturated heterocycles. The van der Waals surface area contributed by atoms with Crippen LogP contribution in [0, 0.1) is 3.83 Å². The van der Waals surface area contributed by atoms with Crippen molar-refractivity contribution in [3.8, 4) is 0 Å². The number of nitrogens with zero attached hydrogens (tertiary/aromatic N) is 2. The summed E-state index contributed by atoms with van der Waals surface area (Å²) in [5, 5.41) is 0.